The number of benzene rings is 2. The van der Waals surface area contributed by atoms with Gasteiger partial charge in [0.15, 0.2) is 0 Å². The standard InChI is InChI=1S/C25H31NO3Si/c1-25(2,3)30(5,6)18-10-13-22(24(28)29-4)26-23(27)21-16-14-20(15-17-21)19-11-8-7-9-12-19/h7-9,11-12,14-17,22H,13H2,1-6H3,(H,26,27)/t22-/m0/s1. The fourth-order valence-corrected chi connectivity index (χ4v) is 3.50. The Balaban J connectivity index is 2.11. The van der Waals surface area contributed by atoms with Crippen LogP contribution in [0.1, 0.15) is 37.6 Å². The molecular formula is C25H31NO3Si. The highest BCUT2D eigenvalue weighted by molar-refractivity contribution is 6.87. The Hall–Kier alpha value is -2.84. The fourth-order valence-electron chi connectivity index (χ4n) is 2.58. The molecule has 0 unspecified atom stereocenters. The van der Waals surface area contributed by atoms with Crippen molar-refractivity contribution in [3.8, 4) is 22.6 Å². The number of nitrogens with one attached hydrogen (secondary N) is 1. The number of esters is 1. The van der Waals surface area contributed by atoms with E-state index in [1.54, 1.807) is 12.1 Å². The molecule has 2 rings (SSSR count). The highest BCUT2D eigenvalue weighted by Gasteiger charge is 2.33. The Labute approximate surface area is 181 Å². The Morgan fingerprint density at radius 2 is 1.57 bits per heavy atom. The predicted molar refractivity (Wildman–Crippen MR) is 125 cm³/mol. The molecule has 0 aliphatic carbocycles. The predicted octanol–water partition coefficient (Wildman–Crippen LogP) is 5.07. The second-order valence-corrected chi connectivity index (χ2v) is 13.9. The Bertz CT molecular complexity index is 932. The van der Waals surface area contributed by atoms with Crippen molar-refractivity contribution in [1.29, 1.82) is 0 Å². The van der Waals surface area contributed by atoms with Crippen LogP contribution in [0.4, 0.5) is 0 Å². The molecule has 0 spiro atoms. The summed E-state index contributed by atoms with van der Waals surface area (Å²) in [6.45, 7) is 11.0. The third kappa shape index (κ3) is 6.08. The van der Waals surface area contributed by atoms with Crippen LogP contribution in [0.25, 0.3) is 11.1 Å². The molecule has 1 N–H and O–H groups in total. The summed E-state index contributed by atoms with van der Waals surface area (Å²) in [5, 5.41) is 2.90. The number of hydrogen-bond acceptors (Lipinski definition) is 3. The van der Waals surface area contributed by atoms with Gasteiger partial charge in [-0.25, -0.2) is 4.79 Å². The van der Waals surface area contributed by atoms with E-state index >= 15 is 0 Å². The van der Waals surface area contributed by atoms with Gasteiger partial charge in [-0.1, -0.05) is 76.3 Å². The average molecular weight is 422 g/mol. The van der Waals surface area contributed by atoms with E-state index in [4.69, 9.17) is 4.74 Å². The topological polar surface area (TPSA) is 55.4 Å². The van der Waals surface area contributed by atoms with Gasteiger partial charge in [0.2, 0.25) is 0 Å². The molecule has 2 aromatic carbocycles. The zero-order valence-corrected chi connectivity index (χ0v) is 19.7. The lowest BCUT2D eigenvalue weighted by molar-refractivity contribution is -0.142. The maximum Gasteiger partial charge on any atom is 0.329 e. The summed E-state index contributed by atoms with van der Waals surface area (Å²) in [7, 11) is -0.468. The van der Waals surface area contributed by atoms with Crippen molar-refractivity contribution in [2.45, 2.75) is 51.4 Å². The van der Waals surface area contributed by atoms with Gasteiger partial charge in [-0.3, -0.25) is 4.79 Å². The van der Waals surface area contributed by atoms with Crippen molar-refractivity contribution in [3.05, 3.63) is 60.2 Å². The summed E-state index contributed by atoms with van der Waals surface area (Å²) in [5.41, 5.74) is 5.97. The fraction of sp³-hybridized carbons (Fsp3) is 0.360. The largest absolute Gasteiger partial charge is 0.467 e. The van der Waals surface area contributed by atoms with Crippen molar-refractivity contribution in [2.24, 2.45) is 0 Å². The maximum atomic E-state index is 12.7. The maximum absolute atomic E-state index is 12.7. The Morgan fingerprint density at radius 3 is 2.10 bits per heavy atom. The average Bonchev–Trinajstić information content (AvgIpc) is 2.72. The van der Waals surface area contributed by atoms with E-state index in [9.17, 15) is 9.59 Å². The zero-order chi connectivity index (χ0) is 22.4. The normalized spacial score (nSPS) is 12.3. The molecule has 0 aromatic heterocycles. The van der Waals surface area contributed by atoms with Crippen LogP contribution < -0.4 is 5.32 Å². The number of carbonyl (C=O) groups excluding carboxylic acids is 2. The minimum Gasteiger partial charge on any atom is -0.467 e. The zero-order valence-electron chi connectivity index (χ0n) is 18.7. The molecule has 0 aliphatic rings. The third-order valence-corrected chi connectivity index (χ3v) is 10.2. The molecule has 5 heteroatoms. The summed E-state index contributed by atoms with van der Waals surface area (Å²) < 4.78 is 4.87. The molecule has 1 atom stereocenters. The molecule has 158 valence electrons. The van der Waals surface area contributed by atoms with E-state index in [1.807, 2.05) is 42.5 Å². The first-order chi connectivity index (χ1) is 14.0. The first-order valence-corrected chi connectivity index (χ1v) is 13.1. The first-order valence-electron chi connectivity index (χ1n) is 10.1. The Kier molecular flexibility index (Phi) is 7.63. The highest BCUT2D eigenvalue weighted by Crippen LogP contribution is 2.35. The van der Waals surface area contributed by atoms with E-state index in [-0.39, 0.29) is 17.4 Å². The quantitative estimate of drug-likeness (QED) is 0.417. The number of carbonyl (C=O) groups is 2. The molecule has 1 amide bonds. The van der Waals surface area contributed by atoms with E-state index in [0.29, 0.717) is 5.56 Å². The highest BCUT2D eigenvalue weighted by atomic mass is 28.3. The molecule has 4 nitrogen and oxygen atoms in total. The second-order valence-electron chi connectivity index (χ2n) is 8.87. The summed E-state index contributed by atoms with van der Waals surface area (Å²) >= 11 is 0. The molecule has 0 aliphatic heterocycles. The van der Waals surface area contributed by atoms with Gasteiger partial charge in [0.05, 0.1) is 7.11 Å². The number of hydrogen-bond donors (Lipinski definition) is 1. The number of ether oxygens (including phenoxy) is 1. The SMILES string of the molecule is COC(=O)[C@H](CC#C[Si](C)(C)C(C)(C)C)NC(=O)c1ccc(-c2ccccc2)cc1. The number of rotatable bonds is 5. The second kappa shape index (κ2) is 9.77. The van der Waals surface area contributed by atoms with Gasteiger partial charge in [0.1, 0.15) is 14.1 Å². The van der Waals surface area contributed by atoms with E-state index in [2.05, 4.69) is 50.6 Å². The summed E-state index contributed by atoms with van der Waals surface area (Å²) in [6, 6.07) is 16.5. The van der Waals surface area contributed by atoms with Crippen LogP contribution in [0.5, 0.6) is 0 Å². The molecule has 2 aromatic rings. The van der Waals surface area contributed by atoms with E-state index in [1.165, 1.54) is 7.11 Å². The van der Waals surface area contributed by atoms with Gasteiger partial charge >= 0.3 is 5.97 Å². The molecule has 0 bridgehead atoms. The lowest BCUT2D eigenvalue weighted by Crippen LogP contribution is -2.41. The van der Waals surface area contributed by atoms with Crippen molar-refractivity contribution < 1.29 is 14.3 Å². The minimum atomic E-state index is -1.79. The van der Waals surface area contributed by atoms with Crippen LogP contribution in [0, 0.1) is 11.5 Å². The Morgan fingerprint density at radius 1 is 1.00 bits per heavy atom. The van der Waals surface area contributed by atoms with Gasteiger partial charge in [-0.05, 0) is 28.3 Å². The van der Waals surface area contributed by atoms with Gasteiger partial charge in [-0.2, -0.15) is 0 Å². The number of amides is 1. The minimum absolute atomic E-state index is 0.129. The van der Waals surface area contributed by atoms with Crippen molar-refractivity contribution in [2.75, 3.05) is 7.11 Å². The van der Waals surface area contributed by atoms with Crippen molar-refractivity contribution in [3.63, 3.8) is 0 Å². The summed E-state index contributed by atoms with van der Waals surface area (Å²) in [4.78, 5) is 24.9. The molecule has 0 saturated heterocycles. The number of methoxy groups -OCH3 is 1. The third-order valence-electron chi connectivity index (χ3n) is 5.63. The molecule has 0 radical (unpaired) electrons. The summed E-state index contributed by atoms with van der Waals surface area (Å²) in [5.74, 6) is 2.32. The lowest BCUT2D eigenvalue weighted by atomic mass is 10.0. The molecule has 0 saturated carbocycles. The van der Waals surface area contributed by atoms with Crippen LogP contribution in [0.3, 0.4) is 0 Å². The first kappa shape index (κ1) is 23.4. The van der Waals surface area contributed by atoms with Gasteiger partial charge in [0.25, 0.3) is 5.91 Å². The van der Waals surface area contributed by atoms with Crippen LogP contribution in [-0.4, -0.2) is 33.1 Å². The van der Waals surface area contributed by atoms with Gasteiger partial charge < -0.3 is 10.1 Å². The molecule has 30 heavy (non-hydrogen) atoms. The summed E-state index contributed by atoms with van der Waals surface area (Å²) in [6.07, 6.45) is 0.229. The molecule has 0 heterocycles. The monoisotopic (exact) mass is 421 g/mol. The van der Waals surface area contributed by atoms with Crippen LogP contribution in [-0.2, 0) is 9.53 Å². The van der Waals surface area contributed by atoms with Crippen molar-refractivity contribution >= 4 is 20.0 Å². The van der Waals surface area contributed by atoms with Gasteiger partial charge in [0, 0.05) is 12.0 Å². The molecule has 0 fully saturated rings. The lowest BCUT2D eigenvalue weighted by Gasteiger charge is -2.31. The van der Waals surface area contributed by atoms with Crippen LogP contribution >= 0.6 is 0 Å². The molecular weight excluding hydrogens is 390 g/mol. The van der Waals surface area contributed by atoms with Crippen molar-refractivity contribution in [1.82, 2.24) is 5.32 Å². The van der Waals surface area contributed by atoms with E-state index < -0.39 is 20.1 Å². The van der Waals surface area contributed by atoms with Gasteiger partial charge in [-0.15, -0.1) is 11.5 Å². The smallest absolute Gasteiger partial charge is 0.329 e. The van der Waals surface area contributed by atoms with Crippen LogP contribution in [0.2, 0.25) is 18.1 Å². The van der Waals surface area contributed by atoms with Crippen LogP contribution in [0.15, 0.2) is 54.6 Å². The van der Waals surface area contributed by atoms with E-state index in [0.717, 1.165) is 11.1 Å².